The number of halogens is 1. The van der Waals surface area contributed by atoms with Gasteiger partial charge in [-0.1, -0.05) is 45.0 Å². The maximum Gasteiger partial charge on any atom is 0.130 e. The molecule has 0 atom stereocenters. The fourth-order valence-electron chi connectivity index (χ4n) is 1.66. The number of benzene rings is 1. The largest absolute Gasteiger partial charge is 0.239 e. The van der Waals surface area contributed by atoms with E-state index < -0.39 is 5.67 Å². The lowest BCUT2D eigenvalue weighted by molar-refractivity contribution is 0.217. The van der Waals surface area contributed by atoms with Crippen molar-refractivity contribution in [3.05, 3.63) is 35.4 Å². The minimum atomic E-state index is -1.26. The second-order valence-corrected chi connectivity index (χ2v) is 5.27. The van der Waals surface area contributed by atoms with Gasteiger partial charge in [-0.15, -0.1) is 0 Å². The summed E-state index contributed by atoms with van der Waals surface area (Å²) in [6, 6.07) is 7.75. The average molecular weight is 194 g/mol. The predicted molar refractivity (Wildman–Crippen MR) is 59.3 cm³/mol. The van der Waals surface area contributed by atoms with E-state index in [0.29, 0.717) is 0 Å². The molecule has 0 radical (unpaired) electrons. The predicted octanol–water partition coefficient (Wildman–Crippen LogP) is 4.19. The Hall–Kier alpha value is -0.850. The molecule has 0 heterocycles. The van der Waals surface area contributed by atoms with E-state index in [1.165, 1.54) is 0 Å². The van der Waals surface area contributed by atoms with Gasteiger partial charge in [0, 0.05) is 0 Å². The summed E-state index contributed by atoms with van der Waals surface area (Å²) in [6.07, 6.45) is 0. The van der Waals surface area contributed by atoms with Crippen LogP contribution in [0.2, 0.25) is 0 Å². The van der Waals surface area contributed by atoms with E-state index in [0.717, 1.165) is 11.1 Å². The highest BCUT2D eigenvalue weighted by Crippen LogP contribution is 2.34. The van der Waals surface area contributed by atoms with Crippen LogP contribution < -0.4 is 0 Å². The monoisotopic (exact) mass is 194 g/mol. The maximum absolute atomic E-state index is 13.9. The minimum Gasteiger partial charge on any atom is -0.239 e. The SMILES string of the molecule is CC(C)(C)c1ccccc1C(C)(C)F. The van der Waals surface area contributed by atoms with E-state index in [1.807, 2.05) is 24.3 Å². The standard InChI is InChI=1S/C13H19F/c1-12(2,3)10-8-6-7-9-11(10)13(4,5)14/h6-9H,1-5H3. The molecular formula is C13H19F. The maximum atomic E-state index is 13.9. The molecule has 0 aromatic heterocycles. The van der Waals surface area contributed by atoms with Crippen LogP contribution >= 0.6 is 0 Å². The summed E-state index contributed by atoms with van der Waals surface area (Å²) in [6.45, 7) is 9.54. The third-order valence-corrected chi connectivity index (χ3v) is 2.38. The molecule has 0 aliphatic carbocycles. The lowest BCUT2D eigenvalue weighted by atomic mass is 9.80. The van der Waals surface area contributed by atoms with Gasteiger partial charge in [0.2, 0.25) is 0 Å². The summed E-state index contributed by atoms with van der Waals surface area (Å²) in [5, 5.41) is 0. The van der Waals surface area contributed by atoms with Crippen molar-refractivity contribution in [1.29, 1.82) is 0 Å². The van der Waals surface area contributed by atoms with Gasteiger partial charge in [0.25, 0.3) is 0 Å². The lowest BCUT2D eigenvalue weighted by Crippen LogP contribution is -2.20. The van der Waals surface area contributed by atoms with Crippen molar-refractivity contribution >= 4 is 0 Å². The Labute approximate surface area is 86.2 Å². The van der Waals surface area contributed by atoms with Gasteiger partial charge in [-0.25, -0.2) is 4.39 Å². The first kappa shape index (κ1) is 11.2. The zero-order valence-corrected chi connectivity index (χ0v) is 9.69. The van der Waals surface area contributed by atoms with Gasteiger partial charge in [0.15, 0.2) is 0 Å². The molecule has 1 rings (SSSR count). The minimum absolute atomic E-state index is 0.0000463. The van der Waals surface area contributed by atoms with Crippen LogP contribution in [0.5, 0.6) is 0 Å². The summed E-state index contributed by atoms with van der Waals surface area (Å²) >= 11 is 0. The smallest absolute Gasteiger partial charge is 0.130 e. The molecule has 1 aromatic carbocycles. The van der Waals surface area contributed by atoms with E-state index >= 15 is 0 Å². The van der Waals surface area contributed by atoms with E-state index in [2.05, 4.69) is 20.8 Å². The summed E-state index contributed by atoms with van der Waals surface area (Å²) < 4.78 is 13.9. The lowest BCUT2D eigenvalue weighted by Gasteiger charge is -2.27. The molecule has 0 fully saturated rings. The Kier molecular flexibility index (Phi) is 2.71. The number of hydrogen-bond acceptors (Lipinski definition) is 0. The Morgan fingerprint density at radius 3 is 1.57 bits per heavy atom. The molecule has 14 heavy (non-hydrogen) atoms. The van der Waals surface area contributed by atoms with Crippen LogP contribution in [0, 0.1) is 0 Å². The fraction of sp³-hybridized carbons (Fsp3) is 0.538. The van der Waals surface area contributed by atoms with Crippen LogP contribution in [0.3, 0.4) is 0 Å². The Morgan fingerprint density at radius 1 is 0.857 bits per heavy atom. The third kappa shape index (κ3) is 2.34. The van der Waals surface area contributed by atoms with Crippen molar-refractivity contribution in [3.8, 4) is 0 Å². The van der Waals surface area contributed by atoms with E-state index in [-0.39, 0.29) is 5.41 Å². The van der Waals surface area contributed by atoms with E-state index in [4.69, 9.17) is 0 Å². The normalized spacial score (nSPS) is 13.0. The third-order valence-electron chi connectivity index (χ3n) is 2.38. The molecule has 0 N–H and O–H groups in total. The molecule has 0 unspecified atom stereocenters. The van der Waals surface area contributed by atoms with Crippen LogP contribution in [0.15, 0.2) is 24.3 Å². The first-order valence-corrected chi connectivity index (χ1v) is 5.02. The molecule has 0 spiro atoms. The van der Waals surface area contributed by atoms with Crippen LogP contribution in [0.4, 0.5) is 4.39 Å². The highest BCUT2D eigenvalue weighted by molar-refractivity contribution is 5.36. The number of rotatable bonds is 1. The molecule has 0 aliphatic heterocycles. The topological polar surface area (TPSA) is 0 Å². The zero-order valence-electron chi connectivity index (χ0n) is 9.69. The summed E-state index contributed by atoms with van der Waals surface area (Å²) in [7, 11) is 0. The number of hydrogen-bond donors (Lipinski definition) is 0. The Bertz CT molecular complexity index is 280. The van der Waals surface area contributed by atoms with Gasteiger partial charge in [-0.05, 0) is 30.4 Å². The van der Waals surface area contributed by atoms with Gasteiger partial charge in [-0.3, -0.25) is 0 Å². The second-order valence-electron chi connectivity index (χ2n) is 5.27. The Balaban J connectivity index is 3.31. The van der Waals surface area contributed by atoms with Crippen LogP contribution in [0.1, 0.15) is 45.7 Å². The van der Waals surface area contributed by atoms with Crippen molar-refractivity contribution in [2.75, 3.05) is 0 Å². The fourth-order valence-corrected chi connectivity index (χ4v) is 1.66. The summed E-state index contributed by atoms with van der Waals surface area (Å²) in [4.78, 5) is 0. The van der Waals surface area contributed by atoms with Gasteiger partial charge >= 0.3 is 0 Å². The van der Waals surface area contributed by atoms with Crippen molar-refractivity contribution in [1.82, 2.24) is 0 Å². The Morgan fingerprint density at radius 2 is 1.29 bits per heavy atom. The summed E-state index contributed by atoms with van der Waals surface area (Å²) in [5.74, 6) is 0. The van der Waals surface area contributed by atoms with Gasteiger partial charge < -0.3 is 0 Å². The first-order chi connectivity index (χ1) is 6.23. The zero-order chi connectivity index (χ0) is 11.0. The molecule has 1 aromatic rings. The van der Waals surface area contributed by atoms with Crippen LogP contribution in [-0.2, 0) is 11.1 Å². The quantitative estimate of drug-likeness (QED) is 0.629. The van der Waals surface area contributed by atoms with E-state index in [9.17, 15) is 4.39 Å². The molecule has 0 nitrogen and oxygen atoms in total. The molecule has 0 amide bonds. The molecule has 0 bridgehead atoms. The second kappa shape index (κ2) is 3.38. The van der Waals surface area contributed by atoms with Crippen molar-refractivity contribution in [2.45, 2.75) is 45.7 Å². The van der Waals surface area contributed by atoms with Crippen molar-refractivity contribution in [2.24, 2.45) is 0 Å². The first-order valence-electron chi connectivity index (χ1n) is 5.02. The average Bonchev–Trinajstić information content (AvgIpc) is 2.01. The van der Waals surface area contributed by atoms with Crippen LogP contribution in [-0.4, -0.2) is 0 Å². The molecule has 78 valence electrons. The van der Waals surface area contributed by atoms with Crippen LogP contribution in [0.25, 0.3) is 0 Å². The molecule has 1 heteroatoms. The molecule has 0 saturated carbocycles. The molecular weight excluding hydrogens is 175 g/mol. The van der Waals surface area contributed by atoms with E-state index in [1.54, 1.807) is 13.8 Å². The number of alkyl halides is 1. The van der Waals surface area contributed by atoms with Gasteiger partial charge in [0.1, 0.15) is 5.67 Å². The molecule has 0 saturated heterocycles. The highest BCUT2D eigenvalue weighted by atomic mass is 19.1. The highest BCUT2D eigenvalue weighted by Gasteiger charge is 2.26. The van der Waals surface area contributed by atoms with Crippen molar-refractivity contribution < 1.29 is 4.39 Å². The van der Waals surface area contributed by atoms with Crippen molar-refractivity contribution in [3.63, 3.8) is 0 Å². The molecule has 0 aliphatic rings. The summed E-state index contributed by atoms with van der Waals surface area (Å²) in [5.41, 5.74) is 0.629. The van der Waals surface area contributed by atoms with Gasteiger partial charge in [0.05, 0.1) is 0 Å². The van der Waals surface area contributed by atoms with Gasteiger partial charge in [-0.2, -0.15) is 0 Å².